The van der Waals surface area contributed by atoms with Gasteiger partial charge in [0.1, 0.15) is 0 Å². The van der Waals surface area contributed by atoms with Gasteiger partial charge in [0, 0.05) is 0 Å². The summed E-state index contributed by atoms with van der Waals surface area (Å²) in [7, 11) is -0.0157. The SMILES string of the molecule is CC1=CC2C(=C1)[C-]=C(Br)P2C.[C-]1=CC=CC1.[Cl-].[Cl-].[Zr+4]. The summed E-state index contributed by atoms with van der Waals surface area (Å²) in [6.45, 7) is 4.46. The molecule has 2 atom stereocenters. The molecule has 0 saturated heterocycles. The fraction of sp³-hybridized carbons (Fsp3) is 0.286. The number of fused-ring (bicyclic) bond motifs is 1. The van der Waals surface area contributed by atoms with Gasteiger partial charge in [0.2, 0.25) is 0 Å². The van der Waals surface area contributed by atoms with Gasteiger partial charge in [-0.25, -0.2) is 29.9 Å². The Bertz CT molecular complexity index is 429. The first-order valence-electron chi connectivity index (χ1n) is 5.32. The van der Waals surface area contributed by atoms with Crippen molar-refractivity contribution in [3.05, 3.63) is 57.9 Å². The van der Waals surface area contributed by atoms with Gasteiger partial charge in [-0.1, -0.05) is 41.1 Å². The third-order valence-corrected chi connectivity index (χ3v) is 6.55. The fourth-order valence-corrected chi connectivity index (χ4v) is 4.27. The van der Waals surface area contributed by atoms with Crippen LogP contribution < -0.4 is 24.8 Å². The number of hydrogen-bond donors (Lipinski definition) is 0. The molecule has 1 heterocycles. The van der Waals surface area contributed by atoms with Crippen molar-refractivity contribution in [1.82, 2.24) is 0 Å². The minimum atomic E-state index is -0.0157. The van der Waals surface area contributed by atoms with Crippen molar-refractivity contribution < 1.29 is 51.0 Å². The maximum absolute atomic E-state index is 3.54. The second-order valence-electron chi connectivity index (χ2n) is 3.98. The van der Waals surface area contributed by atoms with Gasteiger partial charge in [-0.05, 0) is 12.3 Å². The van der Waals surface area contributed by atoms with E-state index in [1.807, 2.05) is 12.2 Å². The standard InChI is InChI=1S/C9H9BrP.C5H5.2ClH.Zr/c1-6-3-7-5-9(10)11(2)8(7)4-6;1-2-4-5-3-1;;;/h3-4,8H,1-2H3;1-3H,4H2;2*1H;/q2*-1;;;+4/p-2. The molecule has 2 aliphatic carbocycles. The molecule has 0 aromatic rings. The first-order chi connectivity index (χ1) is 7.68. The van der Waals surface area contributed by atoms with Crippen molar-refractivity contribution in [2.24, 2.45) is 0 Å². The predicted octanol–water partition coefficient (Wildman–Crippen LogP) is -1.28. The van der Waals surface area contributed by atoms with E-state index in [1.54, 1.807) is 0 Å². The summed E-state index contributed by atoms with van der Waals surface area (Å²) in [5, 5.41) is 0. The molecule has 0 bridgehead atoms. The van der Waals surface area contributed by atoms with E-state index in [-0.39, 0.29) is 58.9 Å². The largest absolute Gasteiger partial charge is 4.00 e. The van der Waals surface area contributed by atoms with Gasteiger partial charge < -0.3 is 24.8 Å². The molecule has 0 amide bonds. The minimum Gasteiger partial charge on any atom is -1.00 e. The van der Waals surface area contributed by atoms with Crippen LogP contribution in [0, 0.1) is 12.2 Å². The zero-order valence-corrected chi connectivity index (χ0v) is 17.2. The number of rotatable bonds is 0. The minimum absolute atomic E-state index is 0. The van der Waals surface area contributed by atoms with Gasteiger partial charge in [0.25, 0.3) is 0 Å². The van der Waals surface area contributed by atoms with E-state index < -0.39 is 0 Å². The van der Waals surface area contributed by atoms with Gasteiger partial charge >= 0.3 is 26.2 Å². The summed E-state index contributed by atoms with van der Waals surface area (Å²) < 4.78 is 1.28. The third kappa shape index (κ3) is 6.15. The van der Waals surface area contributed by atoms with Crippen LogP contribution in [0.3, 0.4) is 0 Å². The monoisotopic (exact) mass is 452 g/mol. The van der Waals surface area contributed by atoms with Crippen LogP contribution in [0.5, 0.6) is 0 Å². The summed E-state index contributed by atoms with van der Waals surface area (Å²) in [4.78, 5) is 0. The second kappa shape index (κ2) is 10.8. The zero-order chi connectivity index (χ0) is 11.5. The van der Waals surface area contributed by atoms with E-state index in [1.165, 1.54) is 15.4 Å². The van der Waals surface area contributed by atoms with Gasteiger partial charge in [-0.3, -0.25) is 6.08 Å². The van der Waals surface area contributed by atoms with Gasteiger partial charge in [0.05, 0.1) is 0 Å². The van der Waals surface area contributed by atoms with E-state index in [0.29, 0.717) is 5.66 Å². The maximum Gasteiger partial charge on any atom is 4.00 e. The van der Waals surface area contributed by atoms with Crippen LogP contribution in [0.1, 0.15) is 13.3 Å². The van der Waals surface area contributed by atoms with Crippen LogP contribution >= 0.6 is 23.9 Å². The summed E-state index contributed by atoms with van der Waals surface area (Å²) in [6, 6.07) is 0. The van der Waals surface area contributed by atoms with Crippen molar-refractivity contribution in [1.29, 1.82) is 0 Å². The van der Waals surface area contributed by atoms with Crippen LogP contribution in [-0.2, 0) is 26.2 Å². The van der Waals surface area contributed by atoms with Crippen molar-refractivity contribution >= 4 is 23.9 Å². The average molecular weight is 455 g/mol. The Labute approximate surface area is 157 Å². The fourth-order valence-electron chi connectivity index (χ4n) is 1.82. The summed E-state index contributed by atoms with van der Waals surface area (Å²) in [5.41, 5.74) is 3.44. The van der Waals surface area contributed by atoms with Crippen LogP contribution in [0.4, 0.5) is 0 Å². The molecule has 19 heavy (non-hydrogen) atoms. The quantitative estimate of drug-likeness (QED) is 0.316. The summed E-state index contributed by atoms with van der Waals surface area (Å²) >= 11 is 3.54. The molecule has 0 radical (unpaired) electrons. The second-order valence-corrected chi connectivity index (χ2v) is 7.62. The van der Waals surface area contributed by atoms with E-state index in [9.17, 15) is 0 Å². The Balaban J connectivity index is 0. The van der Waals surface area contributed by atoms with Crippen molar-refractivity contribution in [3.8, 4) is 0 Å². The molecule has 1 aliphatic heterocycles. The zero-order valence-electron chi connectivity index (χ0n) is 10.8. The van der Waals surface area contributed by atoms with Crippen LogP contribution in [-0.4, -0.2) is 12.3 Å². The topological polar surface area (TPSA) is 0 Å². The van der Waals surface area contributed by atoms with Crippen LogP contribution in [0.2, 0.25) is 0 Å². The van der Waals surface area contributed by atoms with E-state index in [4.69, 9.17) is 0 Å². The molecule has 0 nitrogen and oxygen atoms in total. The molecule has 5 heteroatoms. The van der Waals surface area contributed by atoms with Crippen molar-refractivity contribution in [2.45, 2.75) is 19.0 Å². The number of halogens is 3. The molecule has 0 aromatic carbocycles. The van der Waals surface area contributed by atoms with Gasteiger partial charge in [-0.15, -0.1) is 12.0 Å². The molecule has 0 spiro atoms. The molecule has 0 aromatic heterocycles. The molecule has 0 saturated carbocycles. The Hall–Kier alpha value is 1.07. The summed E-state index contributed by atoms with van der Waals surface area (Å²) in [6.07, 6.45) is 18.0. The average Bonchev–Trinajstić information content (AvgIpc) is 2.92. The van der Waals surface area contributed by atoms with E-state index >= 15 is 0 Å². The van der Waals surface area contributed by atoms with Gasteiger partial charge in [0.15, 0.2) is 0 Å². The Morgan fingerprint density at radius 1 is 1.37 bits per heavy atom. The Kier molecular flexibility index (Phi) is 12.6. The van der Waals surface area contributed by atoms with Crippen LogP contribution in [0.15, 0.2) is 45.7 Å². The maximum atomic E-state index is 3.54. The molecule has 0 N–H and O–H groups in total. The first kappa shape index (κ1) is 22.4. The molecule has 0 fully saturated rings. The Morgan fingerprint density at radius 3 is 2.47 bits per heavy atom. The molecular formula is C14H14BrCl2PZr. The molecule has 100 valence electrons. The number of hydrogen-bond acceptors (Lipinski definition) is 0. The molecule has 3 aliphatic rings. The molecule has 2 unspecified atom stereocenters. The normalized spacial score (nSPS) is 24.7. The summed E-state index contributed by atoms with van der Waals surface area (Å²) in [5.74, 6) is 0. The molecular weight excluding hydrogens is 441 g/mol. The first-order valence-corrected chi connectivity index (χ1v) is 7.97. The Morgan fingerprint density at radius 2 is 2.05 bits per heavy atom. The van der Waals surface area contributed by atoms with E-state index in [0.717, 1.165) is 6.42 Å². The van der Waals surface area contributed by atoms with Gasteiger partial charge in [-0.2, -0.15) is 6.08 Å². The van der Waals surface area contributed by atoms with Crippen molar-refractivity contribution in [2.75, 3.05) is 6.66 Å². The predicted molar refractivity (Wildman–Crippen MR) is 75.7 cm³/mol. The van der Waals surface area contributed by atoms with Crippen molar-refractivity contribution in [3.63, 3.8) is 0 Å². The third-order valence-electron chi connectivity index (χ3n) is 2.68. The number of allylic oxidation sites excluding steroid dienone is 9. The van der Waals surface area contributed by atoms with E-state index in [2.05, 4.69) is 59.9 Å². The molecule has 3 rings (SSSR count). The van der Waals surface area contributed by atoms with Crippen LogP contribution in [0.25, 0.3) is 0 Å². The smallest absolute Gasteiger partial charge is 1.00 e.